The van der Waals surface area contributed by atoms with Gasteiger partial charge in [-0.3, -0.25) is 4.79 Å². The molecule has 38 heavy (non-hydrogen) atoms. The maximum absolute atomic E-state index is 13.6. The summed E-state index contributed by atoms with van der Waals surface area (Å²) in [7, 11) is -2.98. The Balaban J connectivity index is 1.34. The number of aromatic amines is 1. The van der Waals surface area contributed by atoms with E-state index in [0.29, 0.717) is 22.2 Å². The number of benzene rings is 1. The number of nitrogens with zero attached hydrogens (tertiary/aromatic N) is 1. The Bertz CT molecular complexity index is 1450. The van der Waals surface area contributed by atoms with Crippen molar-refractivity contribution in [3.8, 4) is 10.4 Å². The number of carbonyl (C=O) groups excluding carboxylic acids is 1. The molecule has 0 saturated heterocycles. The van der Waals surface area contributed by atoms with Crippen LogP contribution in [0.4, 0.5) is 16.2 Å². The van der Waals surface area contributed by atoms with E-state index in [9.17, 15) is 13.8 Å². The van der Waals surface area contributed by atoms with Crippen LogP contribution in [0.5, 0.6) is 0 Å². The molecule has 2 saturated carbocycles. The highest BCUT2D eigenvalue weighted by Gasteiger charge is 2.36. The molecule has 9 nitrogen and oxygen atoms in total. The predicted molar refractivity (Wildman–Crippen MR) is 150 cm³/mol. The van der Waals surface area contributed by atoms with E-state index in [1.807, 2.05) is 32.2 Å². The number of thiazole rings is 1. The number of aromatic nitrogens is 2. The summed E-state index contributed by atoms with van der Waals surface area (Å²) in [6.45, 7) is 3.67. The van der Waals surface area contributed by atoms with Crippen molar-refractivity contribution in [3.05, 3.63) is 58.1 Å². The van der Waals surface area contributed by atoms with Crippen LogP contribution < -0.4 is 16.2 Å². The lowest BCUT2D eigenvalue weighted by Crippen LogP contribution is -2.38. The Kier molecular flexibility index (Phi) is 7.58. The molecule has 1 amide bonds. The second-order valence-electron chi connectivity index (χ2n) is 10.3. The third kappa shape index (κ3) is 6.10. The maximum Gasteiger partial charge on any atom is 0.407 e. The lowest BCUT2D eigenvalue weighted by molar-refractivity contribution is 0.109. The number of nitrogens with one attached hydrogen (secondary N) is 4. The molecule has 1 atom stereocenters. The fraction of sp³-hybridized carbons (Fsp3) is 0.444. The van der Waals surface area contributed by atoms with Crippen LogP contribution in [-0.2, 0) is 14.5 Å². The number of rotatable bonds is 8. The van der Waals surface area contributed by atoms with Crippen molar-refractivity contribution in [2.24, 2.45) is 0 Å². The van der Waals surface area contributed by atoms with Crippen molar-refractivity contribution in [3.63, 3.8) is 0 Å². The molecule has 1 aromatic carbocycles. The lowest BCUT2D eigenvalue weighted by atomic mass is 9.86. The molecule has 5 rings (SSSR count). The quantitative estimate of drug-likeness (QED) is 0.270. The van der Waals surface area contributed by atoms with Crippen LogP contribution in [0.25, 0.3) is 10.4 Å². The highest BCUT2D eigenvalue weighted by molar-refractivity contribution is 7.93. The SMILES string of the molecule is CC(C)OC(=O)NC1CCC(c2ncc(-c3ccc(Nc4ccc(=O)[nH]c4)cc3S(=N)(=O)C3CC3)s2)CC1. The Morgan fingerprint density at radius 3 is 2.53 bits per heavy atom. The molecule has 0 bridgehead atoms. The minimum absolute atomic E-state index is 0.109. The van der Waals surface area contributed by atoms with Gasteiger partial charge < -0.3 is 20.4 Å². The third-order valence-electron chi connectivity index (χ3n) is 6.91. The van der Waals surface area contributed by atoms with Gasteiger partial charge >= 0.3 is 6.09 Å². The van der Waals surface area contributed by atoms with E-state index in [1.165, 1.54) is 6.07 Å². The Morgan fingerprint density at radius 2 is 1.87 bits per heavy atom. The zero-order chi connectivity index (χ0) is 26.9. The Labute approximate surface area is 226 Å². The van der Waals surface area contributed by atoms with Gasteiger partial charge in [-0.15, -0.1) is 11.3 Å². The van der Waals surface area contributed by atoms with Crippen LogP contribution in [0.1, 0.15) is 63.3 Å². The second-order valence-corrected chi connectivity index (χ2v) is 13.7. The number of H-pyrrole nitrogens is 1. The lowest BCUT2D eigenvalue weighted by Gasteiger charge is -2.28. The van der Waals surface area contributed by atoms with Gasteiger partial charge in [0.1, 0.15) is 0 Å². The van der Waals surface area contributed by atoms with Gasteiger partial charge in [0.2, 0.25) is 5.56 Å². The van der Waals surface area contributed by atoms with Gasteiger partial charge in [-0.05, 0) is 70.6 Å². The molecule has 202 valence electrons. The fourth-order valence-electron chi connectivity index (χ4n) is 4.79. The molecule has 0 spiro atoms. The number of carbonyl (C=O) groups is 1. The second kappa shape index (κ2) is 10.9. The van der Waals surface area contributed by atoms with Gasteiger partial charge in [0, 0.05) is 46.9 Å². The average Bonchev–Trinajstić information content (AvgIpc) is 3.64. The third-order valence-corrected chi connectivity index (χ3v) is 10.5. The molecule has 2 fully saturated rings. The summed E-state index contributed by atoms with van der Waals surface area (Å²) in [5.41, 5.74) is 2.02. The molecular weight excluding hydrogens is 522 g/mol. The number of anilines is 2. The topological polar surface area (TPSA) is 137 Å². The van der Waals surface area contributed by atoms with E-state index in [-0.39, 0.29) is 29.0 Å². The van der Waals surface area contributed by atoms with Crippen molar-refractivity contribution in [1.29, 1.82) is 4.78 Å². The van der Waals surface area contributed by atoms with Crippen LogP contribution in [-0.4, -0.2) is 37.7 Å². The minimum atomic E-state index is -2.98. The Morgan fingerprint density at radius 1 is 1.13 bits per heavy atom. The number of pyridine rings is 1. The van der Waals surface area contributed by atoms with Crippen molar-refractivity contribution in [1.82, 2.24) is 15.3 Å². The molecule has 0 aliphatic heterocycles. The summed E-state index contributed by atoms with van der Waals surface area (Å²) < 4.78 is 27.6. The van der Waals surface area contributed by atoms with Crippen LogP contribution in [0.2, 0.25) is 0 Å². The van der Waals surface area contributed by atoms with Crippen LogP contribution >= 0.6 is 11.3 Å². The number of amides is 1. The first-order valence-electron chi connectivity index (χ1n) is 13.0. The summed E-state index contributed by atoms with van der Waals surface area (Å²) in [5.74, 6) is 0.307. The molecule has 2 aliphatic rings. The Hall–Kier alpha value is -3.18. The molecule has 1 unspecified atom stereocenters. The highest BCUT2D eigenvalue weighted by atomic mass is 32.2. The molecule has 2 aromatic heterocycles. The standard InChI is InChI=1S/C27H33N5O4S2/c1-16(2)36-27(34)32-18-5-3-17(4-6-18)26-30-15-23(37-26)22-11-7-19(31-20-8-12-25(33)29-14-20)13-24(22)38(28,35)21-9-10-21/h7-8,11-18,21,28,31H,3-6,9-10H2,1-2H3,(H,29,33)(H,32,34). The van der Waals surface area contributed by atoms with Crippen molar-refractivity contribution in [2.45, 2.75) is 80.6 Å². The van der Waals surface area contributed by atoms with Crippen molar-refractivity contribution < 1.29 is 13.7 Å². The number of hydrogen-bond donors (Lipinski definition) is 4. The fourth-order valence-corrected chi connectivity index (χ4v) is 7.95. The molecule has 11 heteroatoms. The number of ether oxygens (including phenoxy) is 1. The highest BCUT2D eigenvalue weighted by Crippen LogP contribution is 2.43. The summed E-state index contributed by atoms with van der Waals surface area (Å²) in [6.07, 6.45) is 8.10. The monoisotopic (exact) mass is 555 g/mol. The summed E-state index contributed by atoms with van der Waals surface area (Å²) in [6, 6.07) is 8.85. The minimum Gasteiger partial charge on any atom is -0.447 e. The normalized spacial score (nSPS) is 21.0. The van der Waals surface area contributed by atoms with E-state index in [4.69, 9.17) is 14.5 Å². The van der Waals surface area contributed by atoms with E-state index in [1.54, 1.807) is 29.7 Å². The zero-order valence-corrected chi connectivity index (χ0v) is 23.1. The van der Waals surface area contributed by atoms with Crippen LogP contribution in [0.15, 0.2) is 52.4 Å². The maximum atomic E-state index is 13.6. The number of alkyl carbamates (subject to hydrolysis) is 1. The van der Waals surface area contributed by atoms with Crippen LogP contribution in [0, 0.1) is 4.78 Å². The molecule has 2 aliphatic carbocycles. The van der Waals surface area contributed by atoms with Gasteiger partial charge in [-0.25, -0.2) is 18.8 Å². The predicted octanol–water partition coefficient (Wildman–Crippen LogP) is 5.97. The summed E-state index contributed by atoms with van der Waals surface area (Å²) in [4.78, 5) is 32.1. The van der Waals surface area contributed by atoms with Gasteiger partial charge in [0.15, 0.2) is 0 Å². The van der Waals surface area contributed by atoms with Gasteiger partial charge in [-0.2, -0.15) is 0 Å². The van der Waals surface area contributed by atoms with Crippen molar-refractivity contribution >= 4 is 38.5 Å². The molecular formula is C27H33N5O4S2. The first-order valence-corrected chi connectivity index (χ1v) is 15.4. The summed E-state index contributed by atoms with van der Waals surface area (Å²) in [5, 5.41) is 7.11. The molecule has 3 aromatic rings. The van der Waals surface area contributed by atoms with E-state index in [0.717, 1.165) is 54.0 Å². The smallest absolute Gasteiger partial charge is 0.407 e. The largest absolute Gasteiger partial charge is 0.447 e. The van der Waals surface area contributed by atoms with Gasteiger partial charge in [-0.1, -0.05) is 6.07 Å². The first-order chi connectivity index (χ1) is 18.2. The molecule has 0 radical (unpaired) electrons. The van der Waals surface area contributed by atoms with Crippen LogP contribution in [0.3, 0.4) is 0 Å². The van der Waals surface area contributed by atoms with Crippen molar-refractivity contribution in [2.75, 3.05) is 5.32 Å². The van der Waals surface area contributed by atoms with Gasteiger partial charge in [0.05, 0.1) is 36.3 Å². The first kappa shape index (κ1) is 26.4. The number of hydrogen-bond acceptors (Lipinski definition) is 8. The average molecular weight is 556 g/mol. The van der Waals surface area contributed by atoms with E-state index >= 15 is 0 Å². The summed E-state index contributed by atoms with van der Waals surface area (Å²) >= 11 is 1.60. The molecule has 4 N–H and O–H groups in total. The zero-order valence-electron chi connectivity index (χ0n) is 21.5. The van der Waals surface area contributed by atoms with E-state index < -0.39 is 9.73 Å². The molecule has 2 heterocycles. The van der Waals surface area contributed by atoms with Gasteiger partial charge in [0.25, 0.3) is 0 Å². The van der Waals surface area contributed by atoms with E-state index in [2.05, 4.69) is 15.6 Å².